The molecule has 0 saturated heterocycles. The maximum atomic E-state index is 14.2. The number of nitrogens with one attached hydrogen (secondary N) is 1. The van der Waals surface area contributed by atoms with Crippen molar-refractivity contribution >= 4 is 17.4 Å². The molecule has 5 nitrogen and oxygen atoms in total. The summed E-state index contributed by atoms with van der Waals surface area (Å²) in [7, 11) is 0. The van der Waals surface area contributed by atoms with Crippen LogP contribution in [0.3, 0.4) is 0 Å². The third kappa shape index (κ3) is 2.85. The Morgan fingerprint density at radius 3 is 2.59 bits per heavy atom. The van der Waals surface area contributed by atoms with Crippen molar-refractivity contribution in [1.29, 1.82) is 0 Å². The summed E-state index contributed by atoms with van der Waals surface area (Å²) < 4.78 is 41.7. The van der Waals surface area contributed by atoms with E-state index in [-0.39, 0.29) is 17.3 Å². The van der Waals surface area contributed by atoms with Crippen molar-refractivity contribution in [1.82, 2.24) is 10.3 Å². The molecule has 1 aromatic carbocycles. The highest BCUT2D eigenvalue weighted by Gasteiger charge is 2.76. The third-order valence-corrected chi connectivity index (χ3v) is 5.01. The van der Waals surface area contributed by atoms with Gasteiger partial charge in [-0.2, -0.15) is 5.10 Å². The average Bonchev–Trinajstić information content (AvgIpc) is 3.06. The van der Waals surface area contributed by atoms with Gasteiger partial charge in [-0.05, 0) is 5.56 Å². The Morgan fingerprint density at radius 1 is 1.26 bits per heavy atom. The summed E-state index contributed by atoms with van der Waals surface area (Å²) in [5, 5.41) is 8.34. The number of hydrazone groups is 1. The molecule has 0 bridgehead atoms. The maximum Gasteiger partial charge on any atom is 0.268 e. The Bertz CT molecular complexity index is 918. The normalized spacial score (nSPS) is 25.9. The van der Waals surface area contributed by atoms with E-state index in [9.17, 15) is 18.0 Å². The first-order chi connectivity index (χ1) is 12.8. The van der Waals surface area contributed by atoms with Crippen LogP contribution >= 0.6 is 0 Å². The molecule has 1 N–H and O–H groups in total. The first kappa shape index (κ1) is 17.5. The smallest absolute Gasteiger partial charge is 0.268 e. The van der Waals surface area contributed by atoms with Crippen molar-refractivity contribution in [3.05, 3.63) is 60.2 Å². The number of rotatable bonds is 3. The summed E-state index contributed by atoms with van der Waals surface area (Å²) >= 11 is 0. The molecule has 1 aliphatic carbocycles. The van der Waals surface area contributed by atoms with E-state index in [0.29, 0.717) is 12.2 Å². The zero-order chi connectivity index (χ0) is 19.2. The molecule has 0 radical (unpaired) electrons. The van der Waals surface area contributed by atoms with Gasteiger partial charge in [-0.1, -0.05) is 37.3 Å². The summed E-state index contributed by atoms with van der Waals surface area (Å²) in [6.45, 7) is 2.20. The molecule has 140 valence electrons. The third-order valence-electron chi connectivity index (χ3n) is 5.01. The minimum absolute atomic E-state index is 0.211. The highest BCUT2D eigenvalue weighted by molar-refractivity contribution is 6.07. The topological polar surface area (TPSA) is 57.6 Å². The van der Waals surface area contributed by atoms with Gasteiger partial charge in [0.1, 0.15) is 17.1 Å². The molecule has 2 atom stereocenters. The number of benzene rings is 1. The summed E-state index contributed by atoms with van der Waals surface area (Å²) in [4.78, 5) is 16.6. The van der Waals surface area contributed by atoms with Crippen LogP contribution in [0, 0.1) is 11.7 Å². The molecule has 0 spiro atoms. The Balaban J connectivity index is 1.58. The molecule has 1 amide bonds. The molecule has 8 heteroatoms. The van der Waals surface area contributed by atoms with Crippen LogP contribution in [-0.2, 0) is 10.2 Å². The van der Waals surface area contributed by atoms with E-state index in [1.165, 1.54) is 29.4 Å². The summed E-state index contributed by atoms with van der Waals surface area (Å²) in [5.41, 5.74) is -1.16. The number of nitrogens with zero attached hydrogens (tertiary/aromatic N) is 3. The SMILES string of the molecule is CC1CN(c2cncc(F)c2)N=C1NC(=O)C1(c2ccccc2)CC1(F)F. The molecule has 27 heavy (non-hydrogen) atoms. The van der Waals surface area contributed by atoms with E-state index in [1.54, 1.807) is 18.2 Å². The number of hydrogen-bond acceptors (Lipinski definition) is 4. The zero-order valence-corrected chi connectivity index (χ0v) is 14.5. The zero-order valence-electron chi connectivity index (χ0n) is 14.5. The number of halogens is 3. The van der Waals surface area contributed by atoms with Crippen LogP contribution in [0.15, 0.2) is 53.9 Å². The van der Waals surface area contributed by atoms with Crippen molar-refractivity contribution in [2.75, 3.05) is 11.6 Å². The van der Waals surface area contributed by atoms with E-state index >= 15 is 0 Å². The molecule has 2 unspecified atom stereocenters. The minimum atomic E-state index is -3.10. The molecule has 1 aliphatic heterocycles. The summed E-state index contributed by atoms with van der Waals surface area (Å²) in [5.74, 6) is -4.32. The molecule has 1 fully saturated rings. The van der Waals surface area contributed by atoms with Gasteiger partial charge < -0.3 is 5.32 Å². The van der Waals surface area contributed by atoms with Crippen LogP contribution < -0.4 is 10.3 Å². The second-order valence-corrected chi connectivity index (χ2v) is 6.94. The first-order valence-electron chi connectivity index (χ1n) is 8.55. The van der Waals surface area contributed by atoms with Crippen molar-refractivity contribution in [3.63, 3.8) is 0 Å². The fraction of sp³-hybridized carbons (Fsp3) is 0.316. The van der Waals surface area contributed by atoms with Gasteiger partial charge in [0.15, 0.2) is 0 Å². The number of hydrogen-bond donors (Lipinski definition) is 1. The standard InChI is InChI=1S/C19H17F3N4O/c1-12-10-26(15-7-14(20)8-23-9-15)25-16(12)24-17(27)18(11-19(18,21)22)13-5-3-2-4-6-13/h2-9,12H,10-11H2,1H3,(H,24,25,27). The van der Waals surface area contributed by atoms with Gasteiger partial charge in [0.05, 0.1) is 24.6 Å². The van der Waals surface area contributed by atoms with E-state index in [4.69, 9.17) is 0 Å². The molecule has 1 saturated carbocycles. The van der Waals surface area contributed by atoms with Crippen LogP contribution in [0.2, 0.25) is 0 Å². The maximum absolute atomic E-state index is 14.2. The van der Waals surface area contributed by atoms with Crippen LogP contribution in [0.1, 0.15) is 18.9 Å². The largest absolute Gasteiger partial charge is 0.311 e. The van der Waals surface area contributed by atoms with Crippen LogP contribution in [0.4, 0.5) is 18.9 Å². The van der Waals surface area contributed by atoms with Crippen LogP contribution in [-0.4, -0.2) is 29.2 Å². The number of carbonyl (C=O) groups excluding carboxylic acids is 1. The lowest BCUT2D eigenvalue weighted by atomic mass is 9.94. The lowest BCUT2D eigenvalue weighted by Crippen LogP contribution is -2.43. The Labute approximate surface area is 153 Å². The number of anilines is 1. The van der Waals surface area contributed by atoms with Crippen molar-refractivity contribution < 1.29 is 18.0 Å². The van der Waals surface area contributed by atoms with Crippen LogP contribution in [0.25, 0.3) is 0 Å². The molecule has 2 heterocycles. The van der Waals surface area contributed by atoms with Gasteiger partial charge in [0.2, 0.25) is 5.91 Å². The molecule has 1 aromatic heterocycles. The monoisotopic (exact) mass is 374 g/mol. The number of amides is 1. The quantitative estimate of drug-likeness (QED) is 0.898. The van der Waals surface area contributed by atoms with Gasteiger partial charge >= 0.3 is 0 Å². The average molecular weight is 374 g/mol. The molecular formula is C19H17F3N4O. The Morgan fingerprint density at radius 2 is 1.96 bits per heavy atom. The highest BCUT2D eigenvalue weighted by Crippen LogP contribution is 2.61. The summed E-state index contributed by atoms with van der Waals surface area (Å²) in [6, 6.07) is 9.31. The van der Waals surface area contributed by atoms with E-state index in [0.717, 1.165) is 6.20 Å². The van der Waals surface area contributed by atoms with Gasteiger partial charge in [-0.15, -0.1) is 0 Å². The minimum Gasteiger partial charge on any atom is -0.311 e. The van der Waals surface area contributed by atoms with Crippen LogP contribution in [0.5, 0.6) is 0 Å². The Kier molecular flexibility index (Phi) is 3.94. The highest BCUT2D eigenvalue weighted by atomic mass is 19.3. The van der Waals surface area contributed by atoms with E-state index in [1.807, 2.05) is 6.92 Å². The predicted octanol–water partition coefficient (Wildman–Crippen LogP) is 3.08. The van der Waals surface area contributed by atoms with Crippen molar-refractivity contribution in [2.24, 2.45) is 11.0 Å². The number of amidine groups is 1. The lowest BCUT2D eigenvalue weighted by molar-refractivity contribution is -0.124. The fourth-order valence-electron chi connectivity index (χ4n) is 3.39. The number of alkyl halides is 2. The van der Waals surface area contributed by atoms with Crippen molar-refractivity contribution in [3.8, 4) is 0 Å². The molecule has 2 aliphatic rings. The number of aromatic nitrogens is 1. The van der Waals surface area contributed by atoms with Gasteiger partial charge in [0.25, 0.3) is 5.92 Å². The lowest BCUT2D eigenvalue weighted by Gasteiger charge is -2.17. The molecule has 2 aromatic rings. The second kappa shape index (κ2) is 6.07. The summed E-state index contributed by atoms with van der Waals surface area (Å²) in [6.07, 6.45) is 1.99. The first-order valence-corrected chi connectivity index (χ1v) is 8.55. The van der Waals surface area contributed by atoms with Crippen molar-refractivity contribution in [2.45, 2.75) is 24.7 Å². The molecule has 4 rings (SSSR count). The number of carbonyl (C=O) groups is 1. The van der Waals surface area contributed by atoms with Gasteiger partial charge in [0, 0.05) is 18.4 Å². The van der Waals surface area contributed by atoms with E-state index in [2.05, 4.69) is 15.4 Å². The molecular weight excluding hydrogens is 357 g/mol. The number of pyridine rings is 1. The van der Waals surface area contributed by atoms with Gasteiger partial charge in [-0.3, -0.25) is 14.8 Å². The second-order valence-electron chi connectivity index (χ2n) is 6.94. The fourth-order valence-corrected chi connectivity index (χ4v) is 3.39. The van der Waals surface area contributed by atoms with E-state index < -0.39 is 29.5 Å². The Hall–Kier alpha value is -2.90. The predicted molar refractivity (Wildman–Crippen MR) is 94.0 cm³/mol. The van der Waals surface area contributed by atoms with Gasteiger partial charge in [-0.25, -0.2) is 13.2 Å².